The number of hydrogen-bond donors (Lipinski definition) is 1. The number of halogens is 1. The Bertz CT molecular complexity index is 610. The molecule has 0 aliphatic carbocycles. The topological polar surface area (TPSA) is 66.0 Å². The molecule has 21 heavy (non-hydrogen) atoms. The quantitative estimate of drug-likeness (QED) is 0.891. The average Bonchev–Trinajstić information content (AvgIpc) is 2.88. The lowest BCUT2D eigenvalue weighted by Gasteiger charge is -2.14. The van der Waals surface area contributed by atoms with E-state index in [1.165, 1.54) is 0 Å². The molecule has 1 aromatic carbocycles. The third-order valence-electron chi connectivity index (χ3n) is 3.29. The van der Waals surface area contributed by atoms with Crippen LogP contribution in [0.25, 0.3) is 0 Å². The number of nitrogens with two attached hydrogens (primary N) is 1. The van der Waals surface area contributed by atoms with Crippen LogP contribution in [0, 0.1) is 6.92 Å². The first kappa shape index (κ1) is 15.8. The summed E-state index contributed by atoms with van der Waals surface area (Å²) in [6, 6.07) is 3.98. The van der Waals surface area contributed by atoms with Crippen LogP contribution in [-0.4, -0.2) is 21.6 Å². The maximum Gasteiger partial charge on any atom is 0.122 e. The number of benzene rings is 1. The predicted molar refractivity (Wildman–Crippen MR) is 83.7 cm³/mol. The largest absolute Gasteiger partial charge is 0.491 e. The van der Waals surface area contributed by atoms with Gasteiger partial charge in [0.25, 0.3) is 0 Å². The highest BCUT2D eigenvalue weighted by atomic mass is 35.5. The van der Waals surface area contributed by atoms with Crippen LogP contribution >= 0.6 is 11.6 Å². The lowest BCUT2D eigenvalue weighted by atomic mass is 10.0. The molecule has 0 fully saturated rings. The van der Waals surface area contributed by atoms with Gasteiger partial charge in [0.05, 0.1) is 12.2 Å². The fourth-order valence-electron chi connectivity index (χ4n) is 2.06. The van der Waals surface area contributed by atoms with Crippen molar-refractivity contribution < 1.29 is 4.74 Å². The lowest BCUT2D eigenvalue weighted by Crippen LogP contribution is -2.09. The Kier molecular flexibility index (Phi) is 5.20. The van der Waals surface area contributed by atoms with Crippen molar-refractivity contribution in [2.24, 2.45) is 5.73 Å². The Morgan fingerprint density at radius 3 is 2.76 bits per heavy atom. The van der Waals surface area contributed by atoms with Crippen LogP contribution in [-0.2, 0) is 13.1 Å². The normalized spacial score (nSPS) is 11.1. The van der Waals surface area contributed by atoms with Crippen LogP contribution in [0.15, 0.2) is 18.3 Å². The predicted octanol–water partition coefficient (Wildman–Crippen LogP) is 2.90. The van der Waals surface area contributed by atoms with E-state index in [1.807, 2.05) is 25.3 Å². The summed E-state index contributed by atoms with van der Waals surface area (Å²) in [4.78, 5) is 0. The molecule has 114 valence electrons. The van der Waals surface area contributed by atoms with E-state index in [1.54, 1.807) is 4.68 Å². The standard InChI is InChI=1S/C15H21ClN4O/c1-10(2)13-7-15(11(3)6-14(13)16)21-5-4-20-9-12(8-17)18-19-20/h6-7,9-10H,4-5,8,17H2,1-3H3. The van der Waals surface area contributed by atoms with E-state index in [-0.39, 0.29) is 0 Å². The Balaban J connectivity index is 2.01. The molecule has 0 bridgehead atoms. The first-order valence-electron chi connectivity index (χ1n) is 7.03. The third kappa shape index (κ3) is 3.95. The van der Waals surface area contributed by atoms with Crippen molar-refractivity contribution in [3.05, 3.63) is 40.2 Å². The van der Waals surface area contributed by atoms with Gasteiger partial charge in [-0.15, -0.1) is 5.10 Å². The lowest BCUT2D eigenvalue weighted by molar-refractivity contribution is 0.287. The Morgan fingerprint density at radius 1 is 1.38 bits per heavy atom. The fraction of sp³-hybridized carbons (Fsp3) is 0.467. The molecule has 0 aliphatic heterocycles. The molecule has 0 atom stereocenters. The zero-order valence-corrected chi connectivity index (χ0v) is 13.4. The van der Waals surface area contributed by atoms with Crippen molar-refractivity contribution >= 4 is 11.6 Å². The van der Waals surface area contributed by atoms with Gasteiger partial charge in [-0.3, -0.25) is 0 Å². The molecular weight excluding hydrogens is 288 g/mol. The summed E-state index contributed by atoms with van der Waals surface area (Å²) in [6.45, 7) is 7.77. The van der Waals surface area contributed by atoms with Gasteiger partial charge in [0, 0.05) is 17.8 Å². The van der Waals surface area contributed by atoms with Gasteiger partial charge in [-0.1, -0.05) is 30.7 Å². The monoisotopic (exact) mass is 308 g/mol. The molecule has 0 aliphatic rings. The van der Waals surface area contributed by atoms with Crippen molar-refractivity contribution in [1.82, 2.24) is 15.0 Å². The van der Waals surface area contributed by atoms with Crippen molar-refractivity contribution in [2.45, 2.75) is 39.8 Å². The van der Waals surface area contributed by atoms with Gasteiger partial charge in [0.15, 0.2) is 0 Å². The van der Waals surface area contributed by atoms with Crippen LogP contribution in [0.1, 0.15) is 36.6 Å². The van der Waals surface area contributed by atoms with Crippen molar-refractivity contribution in [3.63, 3.8) is 0 Å². The van der Waals surface area contributed by atoms with Gasteiger partial charge in [-0.05, 0) is 36.1 Å². The highest BCUT2D eigenvalue weighted by Gasteiger charge is 2.10. The molecule has 2 aromatic rings. The number of aryl methyl sites for hydroxylation is 1. The molecule has 0 radical (unpaired) electrons. The summed E-state index contributed by atoms with van der Waals surface area (Å²) in [6.07, 6.45) is 1.83. The second-order valence-corrected chi connectivity index (χ2v) is 5.73. The summed E-state index contributed by atoms with van der Waals surface area (Å²) >= 11 is 6.26. The van der Waals surface area contributed by atoms with Gasteiger partial charge < -0.3 is 10.5 Å². The zero-order chi connectivity index (χ0) is 15.4. The Morgan fingerprint density at radius 2 is 2.14 bits per heavy atom. The smallest absolute Gasteiger partial charge is 0.122 e. The number of aromatic nitrogens is 3. The first-order chi connectivity index (χ1) is 10.0. The second kappa shape index (κ2) is 6.91. The molecule has 1 heterocycles. The molecule has 5 nitrogen and oxygen atoms in total. The zero-order valence-electron chi connectivity index (χ0n) is 12.6. The molecular formula is C15H21ClN4O. The number of hydrogen-bond acceptors (Lipinski definition) is 4. The summed E-state index contributed by atoms with van der Waals surface area (Å²) in [5.41, 5.74) is 8.41. The average molecular weight is 309 g/mol. The molecule has 2 N–H and O–H groups in total. The summed E-state index contributed by atoms with van der Waals surface area (Å²) < 4.78 is 7.58. The van der Waals surface area contributed by atoms with Crippen molar-refractivity contribution in [3.8, 4) is 5.75 Å². The van der Waals surface area contributed by atoms with Crippen LogP contribution < -0.4 is 10.5 Å². The fourth-order valence-corrected chi connectivity index (χ4v) is 2.49. The van der Waals surface area contributed by atoms with Gasteiger partial charge >= 0.3 is 0 Å². The maximum atomic E-state index is 6.26. The van der Waals surface area contributed by atoms with Crippen LogP contribution in [0.2, 0.25) is 5.02 Å². The highest BCUT2D eigenvalue weighted by molar-refractivity contribution is 6.31. The van der Waals surface area contributed by atoms with E-state index in [0.29, 0.717) is 25.6 Å². The van der Waals surface area contributed by atoms with Gasteiger partial charge in [0.2, 0.25) is 0 Å². The summed E-state index contributed by atoms with van der Waals surface area (Å²) in [5, 5.41) is 8.72. The molecule has 0 spiro atoms. The van der Waals surface area contributed by atoms with E-state index in [2.05, 4.69) is 24.2 Å². The van der Waals surface area contributed by atoms with Crippen LogP contribution in [0.4, 0.5) is 0 Å². The van der Waals surface area contributed by atoms with E-state index in [0.717, 1.165) is 27.6 Å². The van der Waals surface area contributed by atoms with E-state index >= 15 is 0 Å². The van der Waals surface area contributed by atoms with Crippen LogP contribution in [0.5, 0.6) is 5.75 Å². The molecule has 0 amide bonds. The van der Waals surface area contributed by atoms with Crippen molar-refractivity contribution in [2.75, 3.05) is 6.61 Å². The number of nitrogens with zero attached hydrogens (tertiary/aromatic N) is 3. The second-order valence-electron chi connectivity index (χ2n) is 5.32. The summed E-state index contributed by atoms with van der Waals surface area (Å²) in [7, 11) is 0. The molecule has 0 unspecified atom stereocenters. The van der Waals surface area contributed by atoms with E-state index < -0.39 is 0 Å². The summed E-state index contributed by atoms with van der Waals surface area (Å²) in [5.74, 6) is 1.23. The van der Waals surface area contributed by atoms with Crippen LogP contribution in [0.3, 0.4) is 0 Å². The molecule has 0 saturated carbocycles. The minimum atomic E-state index is 0.364. The SMILES string of the molecule is Cc1cc(Cl)c(C(C)C)cc1OCCn1cc(CN)nn1. The third-order valence-corrected chi connectivity index (χ3v) is 3.62. The van der Waals surface area contributed by atoms with Gasteiger partial charge in [-0.25, -0.2) is 4.68 Å². The number of rotatable bonds is 6. The minimum absolute atomic E-state index is 0.364. The Labute approximate surface area is 130 Å². The molecule has 2 rings (SSSR count). The molecule has 6 heteroatoms. The van der Waals surface area contributed by atoms with Crippen molar-refractivity contribution in [1.29, 1.82) is 0 Å². The van der Waals surface area contributed by atoms with E-state index in [4.69, 9.17) is 22.1 Å². The molecule has 1 aromatic heterocycles. The highest BCUT2D eigenvalue weighted by Crippen LogP contribution is 2.31. The first-order valence-corrected chi connectivity index (χ1v) is 7.41. The minimum Gasteiger partial charge on any atom is -0.491 e. The van der Waals surface area contributed by atoms with Gasteiger partial charge in [0.1, 0.15) is 12.4 Å². The number of ether oxygens (including phenoxy) is 1. The Hall–Kier alpha value is -1.59. The van der Waals surface area contributed by atoms with E-state index in [9.17, 15) is 0 Å². The molecule has 0 saturated heterocycles. The maximum absolute atomic E-state index is 6.26. The van der Waals surface area contributed by atoms with Gasteiger partial charge in [-0.2, -0.15) is 0 Å².